The lowest BCUT2D eigenvalue weighted by Gasteiger charge is -2.30. The number of rotatable bonds is 8. The highest BCUT2D eigenvalue weighted by atomic mass is 32.7. The fourth-order valence-electron chi connectivity index (χ4n) is 1.70. The van der Waals surface area contributed by atoms with Gasteiger partial charge in [-0.2, -0.15) is 0 Å². The molecular weight excluding hydrogens is 241 g/mol. The maximum atomic E-state index is 11.9. The van der Waals surface area contributed by atoms with Crippen molar-refractivity contribution >= 4 is 18.0 Å². The highest BCUT2D eigenvalue weighted by Gasteiger charge is 2.18. The van der Waals surface area contributed by atoms with Crippen LogP contribution in [0.3, 0.4) is 0 Å². The molecular formula is C11H26NO2PS. The highest BCUT2D eigenvalue weighted by Crippen LogP contribution is 2.55. The van der Waals surface area contributed by atoms with Gasteiger partial charge in [0.2, 0.25) is 0 Å². The summed E-state index contributed by atoms with van der Waals surface area (Å²) in [5.74, 6) is 0.865. The lowest BCUT2D eigenvalue weighted by atomic mass is 10.2. The van der Waals surface area contributed by atoms with E-state index in [1.54, 1.807) is 6.66 Å². The van der Waals surface area contributed by atoms with Crippen LogP contribution in [0.15, 0.2) is 0 Å². The quantitative estimate of drug-likeness (QED) is 0.627. The van der Waals surface area contributed by atoms with Crippen LogP contribution in [0.1, 0.15) is 34.6 Å². The van der Waals surface area contributed by atoms with Crippen LogP contribution in [0.4, 0.5) is 0 Å². The second-order valence-corrected chi connectivity index (χ2v) is 9.68. The van der Waals surface area contributed by atoms with Crippen molar-refractivity contribution in [3.05, 3.63) is 0 Å². The van der Waals surface area contributed by atoms with Crippen molar-refractivity contribution in [1.82, 2.24) is 4.90 Å². The second-order valence-electron chi connectivity index (χ2n) is 4.45. The summed E-state index contributed by atoms with van der Waals surface area (Å²) < 4.78 is 17.1. The molecule has 0 aliphatic rings. The van der Waals surface area contributed by atoms with Gasteiger partial charge in [-0.25, -0.2) is 0 Å². The zero-order valence-corrected chi connectivity index (χ0v) is 13.1. The highest BCUT2D eigenvalue weighted by molar-refractivity contribution is 8.56. The topological polar surface area (TPSA) is 29.5 Å². The van der Waals surface area contributed by atoms with Crippen LogP contribution < -0.4 is 0 Å². The van der Waals surface area contributed by atoms with Gasteiger partial charge in [-0.1, -0.05) is 11.4 Å². The Balaban J connectivity index is 4.00. The third kappa shape index (κ3) is 6.95. The van der Waals surface area contributed by atoms with Crippen molar-refractivity contribution in [2.75, 3.05) is 25.6 Å². The van der Waals surface area contributed by atoms with Gasteiger partial charge in [0.15, 0.2) is 0 Å². The van der Waals surface area contributed by atoms with Gasteiger partial charge in [0.25, 0.3) is 6.57 Å². The van der Waals surface area contributed by atoms with E-state index >= 15 is 0 Å². The fourth-order valence-corrected chi connectivity index (χ4v) is 4.64. The smallest absolute Gasteiger partial charge is 0.254 e. The van der Waals surface area contributed by atoms with Crippen LogP contribution in [0.2, 0.25) is 0 Å². The van der Waals surface area contributed by atoms with Gasteiger partial charge in [0, 0.05) is 31.0 Å². The Bertz CT molecular complexity index is 226. The maximum Gasteiger partial charge on any atom is 0.254 e. The summed E-state index contributed by atoms with van der Waals surface area (Å²) in [6, 6.07) is 1.06. The lowest BCUT2D eigenvalue weighted by Crippen LogP contribution is -2.38. The van der Waals surface area contributed by atoms with Crippen LogP contribution in [0.5, 0.6) is 0 Å². The molecule has 0 amide bonds. The van der Waals surface area contributed by atoms with Crippen molar-refractivity contribution in [3.63, 3.8) is 0 Å². The Labute approximate surface area is 105 Å². The van der Waals surface area contributed by atoms with Crippen molar-refractivity contribution in [3.8, 4) is 0 Å². The zero-order valence-electron chi connectivity index (χ0n) is 11.4. The molecule has 3 nitrogen and oxygen atoms in total. The Hall–Kier alpha value is 0.500. The monoisotopic (exact) mass is 267 g/mol. The van der Waals surface area contributed by atoms with Gasteiger partial charge >= 0.3 is 0 Å². The normalized spacial score (nSPS) is 16.1. The largest absolute Gasteiger partial charge is 0.322 e. The summed E-state index contributed by atoms with van der Waals surface area (Å²) in [6.45, 7) is 11.4. The van der Waals surface area contributed by atoms with Gasteiger partial charge in [-0.15, -0.1) is 0 Å². The molecule has 1 atom stereocenters. The summed E-state index contributed by atoms with van der Waals surface area (Å²) in [4.78, 5) is 2.40. The summed E-state index contributed by atoms with van der Waals surface area (Å²) in [6.07, 6.45) is 0. The summed E-state index contributed by atoms with van der Waals surface area (Å²) in [7, 11) is 0. The molecule has 0 unspecified atom stereocenters. The van der Waals surface area contributed by atoms with Gasteiger partial charge in [-0.05, 0) is 34.6 Å². The van der Waals surface area contributed by atoms with E-state index in [4.69, 9.17) is 4.52 Å². The van der Waals surface area contributed by atoms with Crippen molar-refractivity contribution < 1.29 is 9.09 Å². The first-order chi connectivity index (χ1) is 7.30. The number of hydrogen-bond donors (Lipinski definition) is 0. The first kappa shape index (κ1) is 16.5. The molecule has 0 aliphatic carbocycles. The molecule has 0 aromatic rings. The second kappa shape index (κ2) is 7.75. The predicted molar refractivity (Wildman–Crippen MR) is 74.6 cm³/mol. The van der Waals surface area contributed by atoms with Gasteiger partial charge < -0.3 is 4.52 Å². The van der Waals surface area contributed by atoms with Crippen molar-refractivity contribution in [2.45, 2.75) is 46.7 Å². The van der Waals surface area contributed by atoms with Crippen LogP contribution in [0.25, 0.3) is 0 Å². The van der Waals surface area contributed by atoms with Crippen LogP contribution in [-0.2, 0) is 9.09 Å². The Morgan fingerprint density at radius 3 is 2.12 bits per heavy atom. The van der Waals surface area contributed by atoms with Crippen molar-refractivity contribution in [2.24, 2.45) is 0 Å². The van der Waals surface area contributed by atoms with E-state index in [0.717, 1.165) is 12.3 Å². The standard InChI is InChI=1S/C11H26NO2PS/c1-7-14-15(6,13)16-9-8-12(10(2)3)11(4)5/h10-11H,7-9H2,1-6H3/t15-/m1/s1. The molecule has 98 valence electrons. The Morgan fingerprint density at radius 1 is 1.25 bits per heavy atom. The summed E-state index contributed by atoms with van der Waals surface area (Å²) in [5, 5.41) is 0. The third-order valence-corrected chi connectivity index (χ3v) is 6.20. The van der Waals surface area contributed by atoms with E-state index in [1.165, 1.54) is 11.4 Å². The minimum Gasteiger partial charge on any atom is -0.322 e. The summed E-state index contributed by atoms with van der Waals surface area (Å²) >= 11 is 1.46. The van der Waals surface area contributed by atoms with Crippen molar-refractivity contribution in [1.29, 1.82) is 0 Å². The average Bonchev–Trinajstić information content (AvgIpc) is 2.10. The molecule has 0 saturated heterocycles. The first-order valence-corrected chi connectivity index (χ1v) is 9.58. The number of hydrogen-bond acceptors (Lipinski definition) is 4. The summed E-state index contributed by atoms with van der Waals surface area (Å²) in [5.41, 5.74) is 0. The van der Waals surface area contributed by atoms with E-state index in [-0.39, 0.29) is 0 Å². The van der Waals surface area contributed by atoms with Gasteiger partial charge in [-0.3, -0.25) is 9.46 Å². The third-order valence-electron chi connectivity index (χ3n) is 2.37. The molecule has 0 aromatic carbocycles. The molecule has 0 heterocycles. The Morgan fingerprint density at radius 2 is 1.75 bits per heavy atom. The van der Waals surface area contributed by atoms with E-state index < -0.39 is 6.57 Å². The fraction of sp³-hybridized carbons (Fsp3) is 1.00. The molecule has 0 rings (SSSR count). The average molecular weight is 267 g/mol. The maximum absolute atomic E-state index is 11.9. The SMILES string of the molecule is CCO[P@@](C)(=O)SCCN(C(C)C)C(C)C. The predicted octanol–water partition coefficient (Wildman–Crippen LogP) is 3.70. The van der Waals surface area contributed by atoms with Gasteiger partial charge in [0.1, 0.15) is 0 Å². The molecule has 0 saturated carbocycles. The molecule has 0 radical (unpaired) electrons. The molecule has 0 fully saturated rings. The van der Waals surface area contributed by atoms with E-state index in [9.17, 15) is 4.57 Å². The molecule has 5 heteroatoms. The van der Waals surface area contributed by atoms with Crippen LogP contribution in [0, 0.1) is 0 Å². The zero-order chi connectivity index (χ0) is 12.8. The van der Waals surface area contributed by atoms with Crippen LogP contribution in [-0.4, -0.2) is 42.6 Å². The molecule has 0 bridgehead atoms. The molecule has 0 N–H and O–H groups in total. The molecule has 0 spiro atoms. The van der Waals surface area contributed by atoms with Crippen LogP contribution >= 0.6 is 18.0 Å². The van der Waals surface area contributed by atoms with E-state index in [0.29, 0.717) is 18.7 Å². The number of nitrogens with zero attached hydrogens (tertiary/aromatic N) is 1. The molecule has 16 heavy (non-hydrogen) atoms. The van der Waals surface area contributed by atoms with E-state index in [1.807, 2.05) is 6.92 Å². The minimum absolute atomic E-state index is 0.527. The van der Waals surface area contributed by atoms with Gasteiger partial charge in [0.05, 0.1) is 6.61 Å². The molecule has 0 aromatic heterocycles. The van der Waals surface area contributed by atoms with E-state index in [2.05, 4.69) is 32.6 Å². The first-order valence-electron chi connectivity index (χ1n) is 5.92. The lowest BCUT2D eigenvalue weighted by molar-refractivity contribution is 0.187. The minimum atomic E-state index is -2.42. The molecule has 0 aliphatic heterocycles. The Kier molecular flexibility index (Phi) is 8.00.